The highest BCUT2D eigenvalue weighted by Gasteiger charge is 2.02. The van der Waals surface area contributed by atoms with E-state index in [9.17, 15) is 10.4 Å². The minimum atomic E-state index is 0.186. The van der Waals surface area contributed by atoms with Crippen molar-refractivity contribution in [1.29, 1.82) is 5.26 Å². The van der Waals surface area contributed by atoms with Crippen molar-refractivity contribution < 1.29 is 5.11 Å². The van der Waals surface area contributed by atoms with Crippen LogP contribution in [0.3, 0.4) is 0 Å². The van der Waals surface area contributed by atoms with E-state index in [0.717, 1.165) is 16.7 Å². The maximum Gasteiger partial charge on any atom is 0.129 e. The molecule has 2 rings (SSSR count). The number of halogens is 1. The Labute approximate surface area is 120 Å². The predicted octanol–water partition coefficient (Wildman–Crippen LogP) is 4.53. The molecule has 2 nitrogen and oxygen atoms in total. The minimum Gasteiger partial charge on any atom is -0.507 e. The second-order valence-electron chi connectivity index (χ2n) is 4.25. The first kappa shape index (κ1) is 13.4. The molecule has 2 aromatic carbocycles. The summed E-state index contributed by atoms with van der Waals surface area (Å²) in [6.45, 7) is 2.01. The Kier molecular flexibility index (Phi) is 4.03. The summed E-state index contributed by atoms with van der Waals surface area (Å²) < 4.78 is 0.613. The standard InChI is InChI=1S/C16H12BrNO/c1-11-2-5-13(6-3-11)14(10-18)8-12-4-7-16(19)15(17)9-12/h2-9,19H,1H3/b14-8-. The maximum atomic E-state index is 9.45. The van der Waals surface area contributed by atoms with Crippen LogP contribution in [-0.4, -0.2) is 5.11 Å². The number of aromatic hydroxyl groups is 1. The van der Waals surface area contributed by atoms with Crippen LogP contribution in [0.5, 0.6) is 5.75 Å². The molecule has 0 atom stereocenters. The average Bonchev–Trinajstić information content (AvgIpc) is 2.41. The van der Waals surface area contributed by atoms with Crippen LogP contribution < -0.4 is 0 Å². The quantitative estimate of drug-likeness (QED) is 0.654. The van der Waals surface area contributed by atoms with Gasteiger partial charge in [0.15, 0.2) is 0 Å². The van der Waals surface area contributed by atoms with E-state index in [1.807, 2.05) is 31.2 Å². The SMILES string of the molecule is Cc1ccc(/C(C#N)=C\c2ccc(O)c(Br)c2)cc1. The largest absolute Gasteiger partial charge is 0.507 e. The van der Waals surface area contributed by atoms with E-state index < -0.39 is 0 Å². The van der Waals surface area contributed by atoms with Crippen LogP contribution >= 0.6 is 15.9 Å². The molecule has 1 N–H and O–H groups in total. The number of nitrogens with zero attached hydrogens (tertiary/aromatic N) is 1. The van der Waals surface area contributed by atoms with Crippen molar-refractivity contribution in [3.63, 3.8) is 0 Å². The highest BCUT2D eigenvalue weighted by molar-refractivity contribution is 9.10. The Morgan fingerprint density at radius 1 is 1.21 bits per heavy atom. The molecule has 0 aliphatic rings. The van der Waals surface area contributed by atoms with Crippen LogP contribution in [0.15, 0.2) is 46.9 Å². The van der Waals surface area contributed by atoms with Crippen molar-refractivity contribution in [2.24, 2.45) is 0 Å². The number of rotatable bonds is 2. The van der Waals surface area contributed by atoms with Gasteiger partial charge in [-0.25, -0.2) is 0 Å². The van der Waals surface area contributed by atoms with Crippen LogP contribution in [0.1, 0.15) is 16.7 Å². The Morgan fingerprint density at radius 3 is 2.47 bits per heavy atom. The fraction of sp³-hybridized carbons (Fsp3) is 0.0625. The lowest BCUT2D eigenvalue weighted by Gasteiger charge is -2.02. The van der Waals surface area contributed by atoms with Crippen molar-refractivity contribution in [3.05, 3.63) is 63.6 Å². The third-order valence-electron chi connectivity index (χ3n) is 2.77. The minimum absolute atomic E-state index is 0.186. The van der Waals surface area contributed by atoms with E-state index in [0.29, 0.717) is 10.0 Å². The third-order valence-corrected chi connectivity index (χ3v) is 3.40. The summed E-state index contributed by atoms with van der Waals surface area (Å²) in [7, 11) is 0. The van der Waals surface area contributed by atoms with Gasteiger partial charge in [-0.2, -0.15) is 5.26 Å². The number of benzene rings is 2. The lowest BCUT2D eigenvalue weighted by atomic mass is 10.0. The number of phenolic OH excluding ortho intramolecular Hbond substituents is 1. The smallest absolute Gasteiger partial charge is 0.129 e. The van der Waals surface area contributed by atoms with E-state index in [1.54, 1.807) is 24.3 Å². The average molecular weight is 314 g/mol. The summed E-state index contributed by atoms with van der Waals surface area (Å²) in [4.78, 5) is 0. The van der Waals surface area contributed by atoms with Gasteiger partial charge in [0.2, 0.25) is 0 Å². The Hall–Kier alpha value is -2.05. The van der Waals surface area contributed by atoms with Crippen LogP contribution in [0.2, 0.25) is 0 Å². The Balaban J connectivity index is 2.41. The van der Waals surface area contributed by atoms with Crippen LogP contribution in [0.4, 0.5) is 0 Å². The van der Waals surface area contributed by atoms with Gasteiger partial charge in [-0.1, -0.05) is 35.9 Å². The molecule has 94 valence electrons. The van der Waals surface area contributed by atoms with Gasteiger partial charge in [-0.15, -0.1) is 0 Å². The first-order chi connectivity index (χ1) is 9.10. The molecule has 0 spiro atoms. The molecule has 3 heteroatoms. The molecule has 2 aromatic rings. The third kappa shape index (κ3) is 3.24. The molecule has 0 bridgehead atoms. The highest BCUT2D eigenvalue weighted by atomic mass is 79.9. The zero-order valence-electron chi connectivity index (χ0n) is 10.4. The number of allylic oxidation sites excluding steroid dienone is 1. The van der Waals surface area contributed by atoms with Gasteiger partial charge in [-0.3, -0.25) is 0 Å². The molecule has 0 amide bonds. The molecule has 0 saturated carbocycles. The fourth-order valence-electron chi connectivity index (χ4n) is 1.69. The zero-order chi connectivity index (χ0) is 13.8. The van der Waals surface area contributed by atoms with Crippen molar-refractivity contribution >= 4 is 27.6 Å². The molecular weight excluding hydrogens is 302 g/mol. The molecule has 0 radical (unpaired) electrons. The summed E-state index contributed by atoms with van der Waals surface area (Å²) in [6, 6.07) is 15.2. The number of nitriles is 1. The Bertz CT molecular complexity index is 666. The molecule has 0 unspecified atom stereocenters. The van der Waals surface area contributed by atoms with Gasteiger partial charge < -0.3 is 5.11 Å². The Morgan fingerprint density at radius 2 is 1.89 bits per heavy atom. The van der Waals surface area contributed by atoms with E-state index in [-0.39, 0.29) is 5.75 Å². The monoisotopic (exact) mass is 313 g/mol. The first-order valence-corrected chi connectivity index (χ1v) is 6.57. The maximum absolute atomic E-state index is 9.45. The first-order valence-electron chi connectivity index (χ1n) is 5.77. The van der Waals surface area contributed by atoms with Crippen molar-refractivity contribution in [2.45, 2.75) is 6.92 Å². The molecule has 0 aliphatic heterocycles. The summed E-state index contributed by atoms with van der Waals surface area (Å²) in [5.41, 5.74) is 3.50. The van der Waals surface area contributed by atoms with Crippen molar-refractivity contribution in [3.8, 4) is 11.8 Å². The molecule has 0 aliphatic carbocycles. The van der Waals surface area contributed by atoms with Gasteiger partial charge in [0.25, 0.3) is 0 Å². The van der Waals surface area contributed by atoms with Crippen LogP contribution in [0, 0.1) is 18.3 Å². The highest BCUT2D eigenvalue weighted by Crippen LogP contribution is 2.26. The number of aryl methyl sites for hydroxylation is 1. The summed E-state index contributed by atoms with van der Waals surface area (Å²) in [5, 5.41) is 18.7. The van der Waals surface area contributed by atoms with Gasteiger partial charge in [0.05, 0.1) is 16.1 Å². The van der Waals surface area contributed by atoms with Crippen LogP contribution in [0.25, 0.3) is 11.6 Å². The lowest BCUT2D eigenvalue weighted by Crippen LogP contribution is -1.83. The summed E-state index contributed by atoms with van der Waals surface area (Å²) >= 11 is 3.26. The molecule has 0 heterocycles. The zero-order valence-corrected chi connectivity index (χ0v) is 12.0. The van der Waals surface area contributed by atoms with Crippen molar-refractivity contribution in [1.82, 2.24) is 0 Å². The van der Waals surface area contributed by atoms with E-state index in [1.165, 1.54) is 0 Å². The van der Waals surface area contributed by atoms with Gasteiger partial charge in [0.1, 0.15) is 5.75 Å². The van der Waals surface area contributed by atoms with Gasteiger partial charge in [0, 0.05) is 0 Å². The molecule has 0 aromatic heterocycles. The molecular formula is C16H12BrNO. The van der Waals surface area contributed by atoms with E-state index >= 15 is 0 Å². The summed E-state index contributed by atoms with van der Waals surface area (Å²) in [6.07, 6.45) is 1.80. The van der Waals surface area contributed by atoms with Gasteiger partial charge >= 0.3 is 0 Å². The van der Waals surface area contributed by atoms with Crippen LogP contribution in [-0.2, 0) is 0 Å². The predicted molar refractivity (Wildman–Crippen MR) is 80.5 cm³/mol. The van der Waals surface area contributed by atoms with Crippen molar-refractivity contribution in [2.75, 3.05) is 0 Å². The number of hydrogen-bond donors (Lipinski definition) is 1. The normalized spacial score (nSPS) is 11.1. The van der Waals surface area contributed by atoms with E-state index in [4.69, 9.17) is 0 Å². The second-order valence-corrected chi connectivity index (χ2v) is 5.10. The summed E-state index contributed by atoms with van der Waals surface area (Å²) in [5.74, 6) is 0.186. The number of phenols is 1. The van der Waals surface area contributed by atoms with E-state index in [2.05, 4.69) is 22.0 Å². The number of hydrogen-bond acceptors (Lipinski definition) is 2. The molecule has 0 saturated heterocycles. The lowest BCUT2D eigenvalue weighted by molar-refractivity contribution is 0.472. The van der Waals surface area contributed by atoms with Gasteiger partial charge in [-0.05, 0) is 52.2 Å². The fourth-order valence-corrected chi connectivity index (χ4v) is 2.09. The molecule has 19 heavy (non-hydrogen) atoms. The second kappa shape index (κ2) is 5.73. The topological polar surface area (TPSA) is 44.0 Å². The molecule has 0 fully saturated rings.